The Morgan fingerprint density at radius 1 is 1.18 bits per heavy atom. The summed E-state index contributed by atoms with van der Waals surface area (Å²) in [5.74, 6) is 1.17. The number of halogens is 2. The number of nitrogens with zero attached hydrogens (tertiary/aromatic N) is 1. The van der Waals surface area contributed by atoms with Gasteiger partial charge in [-0.05, 0) is 19.1 Å². The first kappa shape index (κ1) is 12.0. The van der Waals surface area contributed by atoms with Gasteiger partial charge in [-0.3, -0.25) is 4.98 Å². The second kappa shape index (κ2) is 4.82. The third kappa shape index (κ3) is 2.62. The molecule has 0 aliphatic heterocycles. The molecule has 0 saturated heterocycles. The van der Waals surface area contributed by atoms with Crippen molar-refractivity contribution in [3.63, 3.8) is 0 Å². The van der Waals surface area contributed by atoms with Gasteiger partial charge in [0.05, 0.1) is 15.7 Å². The number of aromatic nitrogens is 1. The Bertz CT molecular complexity index is 558. The van der Waals surface area contributed by atoms with Crippen molar-refractivity contribution in [2.75, 3.05) is 5.73 Å². The van der Waals surface area contributed by atoms with Crippen LogP contribution in [0.3, 0.4) is 0 Å². The lowest BCUT2D eigenvalue weighted by Gasteiger charge is -2.11. The van der Waals surface area contributed by atoms with Crippen molar-refractivity contribution >= 4 is 28.9 Å². The largest absolute Gasteiger partial charge is 0.455 e. The highest BCUT2D eigenvalue weighted by Crippen LogP contribution is 2.35. The smallest absolute Gasteiger partial charge is 0.151 e. The molecule has 2 rings (SSSR count). The zero-order chi connectivity index (χ0) is 12.4. The van der Waals surface area contributed by atoms with E-state index in [4.69, 9.17) is 33.7 Å². The quantitative estimate of drug-likeness (QED) is 0.836. The van der Waals surface area contributed by atoms with Crippen molar-refractivity contribution in [2.24, 2.45) is 0 Å². The summed E-state index contributed by atoms with van der Waals surface area (Å²) < 4.78 is 5.67. The van der Waals surface area contributed by atoms with Crippen LogP contribution in [0.25, 0.3) is 0 Å². The van der Waals surface area contributed by atoms with Crippen molar-refractivity contribution in [1.29, 1.82) is 0 Å². The van der Waals surface area contributed by atoms with Crippen molar-refractivity contribution in [1.82, 2.24) is 4.98 Å². The van der Waals surface area contributed by atoms with Crippen LogP contribution in [-0.4, -0.2) is 4.98 Å². The Balaban J connectivity index is 2.37. The van der Waals surface area contributed by atoms with Crippen molar-refractivity contribution < 1.29 is 4.74 Å². The third-order valence-electron chi connectivity index (χ3n) is 2.24. The van der Waals surface area contributed by atoms with Gasteiger partial charge >= 0.3 is 0 Å². The van der Waals surface area contributed by atoms with Crippen LogP contribution in [0.1, 0.15) is 5.56 Å². The number of nitrogen functional groups attached to an aromatic ring is 1. The molecule has 2 N–H and O–H groups in total. The van der Waals surface area contributed by atoms with Crippen LogP contribution in [-0.2, 0) is 0 Å². The van der Waals surface area contributed by atoms with Gasteiger partial charge in [-0.1, -0.05) is 23.2 Å². The van der Waals surface area contributed by atoms with E-state index in [2.05, 4.69) is 4.98 Å². The first-order valence-corrected chi connectivity index (χ1v) is 5.66. The fraction of sp³-hybridized carbons (Fsp3) is 0.0833. The van der Waals surface area contributed by atoms with Gasteiger partial charge < -0.3 is 10.5 Å². The highest BCUT2D eigenvalue weighted by molar-refractivity contribution is 6.42. The first-order valence-electron chi connectivity index (χ1n) is 4.91. The van der Waals surface area contributed by atoms with E-state index in [1.165, 1.54) is 0 Å². The van der Waals surface area contributed by atoms with Crippen LogP contribution < -0.4 is 10.5 Å². The number of pyridine rings is 1. The standard InChI is InChI=1S/C12H10Cl2N2O/c1-7-6-16-3-2-11(7)17-12-5-9(14)8(13)4-10(12)15/h2-6H,15H2,1H3. The molecular weight excluding hydrogens is 259 g/mol. The maximum Gasteiger partial charge on any atom is 0.151 e. The molecular formula is C12H10Cl2N2O. The van der Waals surface area contributed by atoms with Gasteiger partial charge in [0, 0.05) is 24.0 Å². The topological polar surface area (TPSA) is 48.1 Å². The molecule has 0 saturated carbocycles. The normalized spacial score (nSPS) is 10.3. The summed E-state index contributed by atoms with van der Waals surface area (Å²) in [5, 5.41) is 0.811. The molecule has 1 aromatic heterocycles. The van der Waals surface area contributed by atoms with E-state index in [1.54, 1.807) is 30.6 Å². The molecule has 0 atom stereocenters. The van der Waals surface area contributed by atoms with Crippen LogP contribution in [0.2, 0.25) is 10.0 Å². The fourth-order valence-electron chi connectivity index (χ4n) is 1.33. The molecule has 1 aromatic carbocycles. The summed E-state index contributed by atoms with van der Waals surface area (Å²) in [4.78, 5) is 3.98. The maximum absolute atomic E-state index is 5.91. The van der Waals surface area contributed by atoms with Gasteiger partial charge in [-0.25, -0.2) is 0 Å². The summed E-state index contributed by atoms with van der Waals surface area (Å²) in [7, 11) is 0. The minimum atomic E-state index is 0.405. The number of aryl methyl sites for hydroxylation is 1. The molecule has 1 heterocycles. The summed E-state index contributed by atoms with van der Waals surface area (Å²) in [5.41, 5.74) is 7.16. The Labute approximate surface area is 109 Å². The lowest BCUT2D eigenvalue weighted by Crippen LogP contribution is -1.94. The molecule has 0 amide bonds. The number of benzene rings is 1. The molecule has 0 aliphatic carbocycles. The molecule has 0 spiro atoms. The van der Waals surface area contributed by atoms with Gasteiger partial charge in [0.15, 0.2) is 5.75 Å². The molecule has 0 bridgehead atoms. The van der Waals surface area contributed by atoms with Crippen LogP contribution in [0.4, 0.5) is 5.69 Å². The molecule has 3 nitrogen and oxygen atoms in total. The Hall–Kier alpha value is -1.45. The van der Waals surface area contributed by atoms with Gasteiger partial charge in [-0.15, -0.1) is 0 Å². The average Bonchev–Trinajstić information content (AvgIpc) is 2.29. The predicted octanol–water partition coefficient (Wildman–Crippen LogP) is 4.07. The minimum Gasteiger partial charge on any atom is -0.455 e. The van der Waals surface area contributed by atoms with Crippen LogP contribution in [0, 0.1) is 6.92 Å². The molecule has 88 valence electrons. The minimum absolute atomic E-state index is 0.405. The van der Waals surface area contributed by atoms with Crippen LogP contribution >= 0.6 is 23.2 Å². The first-order chi connectivity index (χ1) is 8.08. The Morgan fingerprint density at radius 3 is 2.59 bits per heavy atom. The molecule has 5 heteroatoms. The van der Waals surface area contributed by atoms with Gasteiger partial charge in [0.1, 0.15) is 5.75 Å². The predicted molar refractivity (Wildman–Crippen MR) is 69.9 cm³/mol. The van der Waals surface area contributed by atoms with E-state index in [1.807, 2.05) is 6.92 Å². The summed E-state index contributed by atoms with van der Waals surface area (Å²) in [6.07, 6.45) is 3.36. The van der Waals surface area contributed by atoms with Crippen molar-refractivity contribution in [3.05, 3.63) is 46.2 Å². The monoisotopic (exact) mass is 268 g/mol. The zero-order valence-corrected chi connectivity index (χ0v) is 10.6. The van der Waals surface area contributed by atoms with E-state index >= 15 is 0 Å². The van der Waals surface area contributed by atoms with Gasteiger partial charge in [0.2, 0.25) is 0 Å². The molecule has 0 unspecified atom stereocenters. The number of ether oxygens (including phenoxy) is 1. The van der Waals surface area contributed by atoms with Gasteiger partial charge in [0.25, 0.3) is 0 Å². The maximum atomic E-state index is 5.91. The van der Waals surface area contributed by atoms with Crippen LogP contribution in [0.5, 0.6) is 11.5 Å². The SMILES string of the molecule is Cc1cnccc1Oc1cc(Cl)c(Cl)cc1N. The highest BCUT2D eigenvalue weighted by atomic mass is 35.5. The number of nitrogens with two attached hydrogens (primary N) is 1. The zero-order valence-electron chi connectivity index (χ0n) is 9.08. The highest BCUT2D eigenvalue weighted by Gasteiger charge is 2.08. The molecule has 0 aliphatic rings. The van der Waals surface area contributed by atoms with E-state index in [-0.39, 0.29) is 0 Å². The van der Waals surface area contributed by atoms with E-state index < -0.39 is 0 Å². The Kier molecular flexibility index (Phi) is 3.41. The second-order valence-electron chi connectivity index (χ2n) is 3.55. The van der Waals surface area contributed by atoms with E-state index in [9.17, 15) is 0 Å². The molecule has 17 heavy (non-hydrogen) atoms. The average molecular weight is 269 g/mol. The third-order valence-corrected chi connectivity index (χ3v) is 2.96. The van der Waals surface area contributed by atoms with E-state index in [0.717, 1.165) is 5.56 Å². The summed E-state index contributed by atoms with van der Waals surface area (Å²) in [6, 6.07) is 4.92. The summed E-state index contributed by atoms with van der Waals surface area (Å²) in [6.45, 7) is 1.90. The summed E-state index contributed by atoms with van der Waals surface area (Å²) >= 11 is 11.8. The van der Waals surface area contributed by atoms with Gasteiger partial charge in [-0.2, -0.15) is 0 Å². The lowest BCUT2D eigenvalue weighted by molar-refractivity contribution is 0.480. The molecule has 0 radical (unpaired) electrons. The van der Waals surface area contributed by atoms with Crippen molar-refractivity contribution in [2.45, 2.75) is 6.92 Å². The van der Waals surface area contributed by atoms with Crippen molar-refractivity contribution in [3.8, 4) is 11.5 Å². The second-order valence-corrected chi connectivity index (χ2v) is 4.36. The van der Waals surface area contributed by atoms with Crippen LogP contribution in [0.15, 0.2) is 30.6 Å². The molecule has 2 aromatic rings. The lowest BCUT2D eigenvalue weighted by atomic mass is 10.2. The Morgan fingerprint density at radius 2 is 1.88 bits per heavy atom. The fourth-order valence-corrected chi connectivity index (χ4v) is 1.65. The number of hydrogen-bond acceptors (Lipinski definition) is 3. The molecule has 0 fully saturated rings. The number of anilines is 1. The number of rotatable bonds is 2. The number of hydrogen-bond donors (Lipinski definition) is 1. The van der Waals surface area contributed by atoms with E-state index in [0.29, 0.717) is 27.2 Å².